The molecule has 1 aromatic heterocycles. The van der Waals surface area contributed by atoms with Gasteiger partial charge in [0.1, 0.15) is 5.76 Å². The van der Waals surface area contributed by atoms with Gasteiger partial charge in [0.2, 0.25) is 0 Å². The number of furan rings is 1. The average molecular weight is 471 g/mol. The summed E-state index contributed by atoms with van der Waals surface area (Å²) < 4.78 is 11.2. The average Bonchev–Trinajstić information content (AvgIpc) is 3.15. The van der Waals surface area contributed by atoms with Gasteiger partial charge in [0.15, 0.2) is 5.96 Å². The van der Waals surface area contributed by atoms with Gasteiger partial charge in [-0.1, -0.05) is 30.3 Å². The molecule has 0 radical (unpaired) electrons. The van der Waals surface area contributed by atoms with Crippen LogP contribution in [0.15, 0.2) is 58.1 Å². The molecule has 0 spiro atoms. The topological polar surface area (TPSA) is 58.8 Å². The summed E-state index contributed by atoms with van der Waals surface area (Å²) in [7, 11) is 0. The summed E-state index contributed by atoms with van der Waals surface area (Å²) >= 11 is 0. The van der Waals surface area contributed by atoms with E-state index in [1.54, 1.807) is 6.26 Å². The van der Waals surface area contributed by atoms with Crippen LogP contribution >= 0.6 is 24.0 Å². The highest BCUT2D eigenvalue weighted by Crippen LogP contribution is 2.15. The molecule has 0 saturated carbocycles. The lowest BCUT2D eigenvalue weighted by atomic mass is 10.1. The Balaban J connectivity index is 0.00000338. The number of benzene rings is 1. The SMILES string of the molecule is CCNC(=NCCCOC(C)c1ccccc1)NCCc1ccco1.I. The fourth-order valence-electron chi connectivity index (χ4n) is 2.44. The van der Waals surface area contributed by atoms with Gasteiger partial charge in [0, 0.05) is 32.7 Å². The summed E-state index contributed by atoms with van der Waals surface area (Å²) in [6, 6.07) is 14.2. The Labute approximate surface area is 173 Å². The molecule has 1 heterocycles. The molecule has 0 aliphatic heterocycles. The van der Waals surface area contributed by atoms with Crippen LogP contribution in [0.4, 0.5) is 0 Å². The lowest BCUT2D eigenvalue weighted by Crippen LogP contribution is -2.38. The van der Waals surface area contributed by atoms with Crippen molar-refractivity contribution in [1.82, 2.24) is 10.6 Å². The quantitative estimate of drug-likeness (QED) is 0.237. The van der Waals surface area contributed by atoms with Crippen molar-refractivity contribution >= 4 is 29.9 Å². The Bertz CT molecular complexity index is 603. The van der Waals surface area contributed by atoms with Gasteiger partial charge in [0.25, 0.3) is 0 Å². The first-order valence-electron chi connectivity index (χ1n) is 9.00. The van der Waals surface area contributed by atoms with E-state index in [2.05, 4.69) is 41.6 Å². The van der Waals surface area contributed by atoms with E-state index in [4.69, 9.17) is 9.15 Å². The van der Waals surface area contributed by atoms with Crippen molar-refractivity contribution < 1.29 is 9.15 Å². The first kappa shape index (κ1) is 22.5. The highest BCUT2D eigenvalue weighted by atomic mass is 127. The zero-order chi connectivity index (χ0) is 17.7. The van der Waals surface area contributed by atoms with Crippen LogP contribution in [-0.2, 0) is 11.2 Å². The zero-order valence-corrected chi connectivity index (χ0v) is 17.9. The molecule has 6 heteroatoms. The van der Waals surface area contributed by atoms with Crippen molar-refractivity contribution in [2.24, 2.45) is 4.99 Å². The van der Waals surface area contributed by atoms with Crippen molar-refractivity contribution in [3.05, 3.63) is 60.1 Å². The number of hydrogen-bond donors (Lipinski definition) is 2. The van der Waals surface area contributed by atoms with Gasteiger partial charge in [-0.3, -0.25) is 4.99 Å². The van der Waals surface area contributed by atoms with E-state index in [-0.39, 0.29) is 30.1 Å². The van der Waals surface area contributed by atoms with Crippen LogP contribution in [-0.4, -0.2) is 32.2 Å². The number of hydrogen-bond acceptors (Lipinski definition) is 3. The van der Waals surface area contributed by atoms with Gasteiger partial charge in [-0.25, -0.2) is 0 Å². The van der Waals surface area contributed by atoms with Crippen molar-refractivity contribution in [1.29, 1.82) is 0 Å². The van der Waals surface area contributed by atoms with Crippen molar-refractivity contribution in [3.63, 3.8) is 0 Å². The van der Waals surface area contributed by atoms with Gasteiger partial charge >= 0.3 is 0 Å². The molecule has 2 rings (SSSR count). The van der Waals surface area contributed by atoms with Crippen LogP contribution in [0.2, 0.25) is 0 Å². The molecule has 1 unspecified atom stereocenters. The van der Waals surface area contributed by atoms with Crippen LogP contribution in [0, 0.1) is 0 Å². The van der Waals surface area contributed by atoms with E-state index in [0.29, 0.717) is 6.61 Å². The summed E-state index contributed by atoms with van der Waals surface area (Å²) in [6.07, 6.45) is 3.55. The molecule has 1 atom stereocenters. The molecule has 2 N–H and O–H groups in total. The Kier molecular flexibility index (Phi) is 11.8. The van der Waals surface area contributed by atoms with E-state index in [1.165, 1.54) is 5.56 Å². The summed E-state index contributed by atoms with van der Waals surface area (Å²) in [5.74, 6) is 1.82. The number of aliphatic imine (C=N–C) groups is 1. The second-order valence-electron chi connectivity index (χ2n) is 5.79. The van der Waals surface area contributed by atoms with Crippen LogP contribution in [0.25, 0.3) is 0 Å². The third-order valence-electron chi connectivity index (χ3n) is 3.80. The standard InChI is InChI=1S/C20H29N3O2.HI/c1-3-21-20(23-14-12-19-11-7-15-25-19)22-13-8-16-24-17(2)18-9-5-4-6-10-18;/h4-7,9-11,15,17H,3,8,12-14,16H2,1-2H3,(H2,21,22,23);1H. The van der Waals surface area contributed by atoms with Gasteiger partial charge in [-0.15, -0.1) is 24.0 Å². The molecule has 0 fully saturated rings. The maximum absolute atomic E-state index is 5.88. The Hall–Kier alpha value is -1.54. The number of guanidine groups is 1. The third kappa shape index (κ3) is 8.71. The number of nitrogens with zero attached hydrogens (tertiary/aromatic N) is 1. The number of rotatable bonds is 10. The summed E-state index contributed by atoms with van der Waals surface area (Å²) in [6.45, 7) is 7.21. The molecule has 0 aliphatic carbocycles. The first-order chi connectivity index (χ1) is 12.3. The molecule has 26 heavy (non-hydrogen) atoms. The largest absolute Gasteiger partial charge is 0.469 e. The molecular weight excluding hydrogens is 441 g/mol. The maximum atomic E-state index is 5.88. The third-order valence-corrected chi connectivity index (χ3v) is 3.80. The molecule has 2 aromatic rings. The Morgan fingerprint density at radius 2 is 1.96 bits per heavy atom. The highest BCUT2D eigenvalue weighted by molar-refractivity contribution is 14.0. The second-order valence-corrected chi connectivity index (χ2v) is 5.79. The summed E-state index contributed by atoms with van der Waals surface area (Å²) in [4.78, 5) is 4.59. The Morgan fingerprint density at radius 3 is 2.65 bits per heavy atom. The van der Waals surface area contributed by atoms with E-state index < -0.39 is 0 Å². The van der Waals surface area contributed by atoms with E-state index in [1.807, 2.05) is 30.3 Å². The molecule has 0 bridgehead atoms. The molecule has 0 aliphatic rings. The zero-order valence-electron chi connectivity index (χ0n) is 15.6. The molecule has 5 nitrogen and oxygen atoms in total. The van der Waals surface area contributed by atoms with Crippen LogP contribution in [0.1, 0.15) is 37.7 Å². The van der Waals surface area contributed by atoms with Crippen molar-refractivity contribution in [3.8, 4) is 0 Å². The monoisotopic (exact) mass is 471 g/mol. The fraction of sp³-hybridized carbons (Fsp3) is 0.450. The highest BCUT2D eigenvalue weighted by Gasteiger charge is 2.04. The van der Waals surface area contributed by atoms with E-state index >= 15 is 0 Å². The van der Waals surface area contributed by atoms with E-state index in [9.17, 15) is 0 Å². The molecule has 1 aromatic carbocycles. The molecular formula is C20H30IN3O2. The smallest absolute Gasteiger partial charge is 0.191 e. The normalized spacial score (nSPS) is 12.3. The van der Waals surface area contributed by atoms with E-state index in [0.717, 1.165) is 44.2 Å². The first-order valence-corrected chi connectivity index (χ1v) is 9.00. The summed E-state index contributed by atoms with van der Waals surface area (Å²) in [5.41, 5.74) is 1.21. The molecule has 144 valence electrons. The van der Waals surface area contributed by atoms with Crippen LogP contribution < -0.4 is 10.6 Å². The maximum Gasteiger partial charge on any atom is 0.191 e. The van der Waals surface area contributed by atoms with Crippen LogP contribution in [0.3, 0.4) is 0 Å². The molecule has 0 amide bonds. The minimum Gasteiger partial charge on any atom is -0.469 e. The fourth-order valence-corrected chi connectivity index (χ4v) is 2.44. The summed E-state index contributed by atoms with van der Waals surface area (Å²) in [5, 5.41) is 6.58. The second kappa shape index (κ2) is 13.6. The van der Waals surface area contributed by atoms with Gasteiger partial charge < -0.3 is 19.8 Å². The minimum absolute atomic E-state index is 0. The van der Waals surface area contributed by atoms with Crippen molar-refractivity contribution in [2.45, 2.75) is 32.8 Å². The van der Waals surface area contributed by atoms with Gasteiger partial charge in [0.05, 0.1) is 12.4 Å². The van der Waals surface area contributed by atoms with Crippen LogP contribution in [0.5, 0.6) is 0 Å². The lowest BCUT2D eigenvalue weighted by Gasteiger charge is -2.13. The number of halogens is 1. The predicted molar refractivity (Wildman–Crippen MR) is 117 cm³/mol. The lowest BCUT2D eigenvalue weighted by molar-refractivity contribution is 0.0652. The van der Waals surface area contributed by atoms with Gasteiger partial charge in [-0.05, 0) is 38.0 Å². The minimum atomic E-state index is 0. The number of ether oxygens (including phenoxy) is 1. The van der Waals surface area contributed by atoms with Gasteiger partial charge in [-0.2, -0.15) is 0 Å². The number of nitrogens with one attached hydrogen (secondary N) is 2. The predicted octanol–water partition coefficient (Wildman–Crippen LogP) is 4.16. The van der Waals surface area contributed by atoms with Crippen molar-refractivity contribution in [2.75, 3.05) is 26.2 Å². The molecule has 0 saturated heterocycles. The Morgan fingerprint density at radius 1 is 1.15 bits per heavy atom.